The fourth-order valence-electron chi connectivity index (χ4n) is 3.77. The summed E-state index contributed by atoms with van der Waals surface area (Å²) in [4.78, 5) is 9.76. The molecule has 5 N–H and O–H groups in total. The van der Waals surface area contributed by atoms with Gasteiger partial charge < -0.3 is 31.2 Å². The van der Waals surface area contributed by atoms with Crippen molar-refractivity contribution in [1.82, 2.24) is 20.2 Å². The number of nitrogens with two attached hydrogens (primary N) is 2. The van der Waals surface area contributed by atoms with Gasteiger partial charge in [-0.3, -0.25) is 0 Å². The van der Waals surface area contributed by atoms with E-state index in [1.54, 1.807) is 29.4 Å². The van der Waals surface area contributed by atoms with Crippen molar-refractivity contribution in [3.8, 4) is 17.7 Å². The van der Waals surface area contributed by atoms with Crippen LogP contribution in [0.1, 0.15) is 36.8 Å². The molecule has 0 saturated carbocycles. The van der Waals surface area contributed by atoms with Gasteiger partial charge in [0.2, 0.25) is 0 Å². The van der Waals surface area contributed by atoms with E-state index in [9.17, 15) is 0 Å². The van der Waals surface area contributed by atoms with Crippen molar-refractivity contribution in [2.45, 2.75) is 51.6 Å². The largest absolute Gasteiger partial charge is 0.491 e. The Bertz CT molecular complexity index is 925. The number of nitriles is 1. The quantitative estimate of drug-likeness (QED) is 0.580. The Morgan fingerprint density at radius 3 is 2.22 bits per heavy atom. The summed E-state index contributed by atoms with van der Waals surface area (Å²) in [6.07, 6.45) is 10.1. The van der Waals surface area contributed by atoms with Crippen molar-refractivity contribution < 1.29 is 9.47 Å². The zero-order valence-corrected chi connectivity index (χ0v) is 18.9. The smallest absolute Gasteiger partial charge is 0.179 e. The second-order valence-electron chi connectivity index (χ2n) is 8.25. The predicted molar refractivity (Wildman–Crippen MR) is 124 cm³/mol. The first-order chi connectivity index (χ1) is 15.5. The van der Waals surface area contributed by atoms with Gasteiger partial charge in [0.05, 0.1) is 6.04 Å². The summed E-state index contributed by atoms with van der Waals surface area (Å²) in [7, 11) is 0. The number of aromatic nitrogens is 2. The van der Waals surface area contributed by atoms with E-state index in [0.29, 0.717) is 30.9 Å². The topological polar surface area (TPSA) is 135 Å². The molecule has 172 valence electrons. The molecule has 32 heavy (non-hydrogen) atoms. The van der Waals surface area contributed by atoms with Crippen LogP contribution in [0.25, 0.3) is 0 Å². The number of nitrogen functional groups attached to an aromatic ring is 2. The molecule has 2 aliphatic heterocycles. The average molecular weight is 440 g/mol. The Hall–Kier alpha value is -3.25. The second kappa shape index (κ2) is 11.4. The molecule has 2 fully saturated rings. The molecule has 2 saturated heterocycles. The van der Waals surface area contributed by atoms with E-state index >= 15 is 0 Å². The summed E-state index contributed by atoms with van der Waals surface area (Å²) >= 11 is 0. The third kappa shape index (κ3) is 6.62. The van der Waals surface area contributed by atoms with Gasteiger partial charge in [-0.1, -0.05) is 0 Å². The van der Waals surface area contributed by atoms with Crippen LogP contribution in [0.15, 0.2) is 24.5 Å². The zero-order valence-electron chi connectivity index (χ0n) is 18.9. The highest BCUT2D eigenvalue weighted by atomic mass is 16.5. The van der Waals surface area contributed by atoms with Crippen LogP contribution in [0, 0.1) is 25.3 Å². The first-order valence-electron chi connectivity index (χ1n) is 11.1. The molecule has 9 heteroatoms. The highest BCUT2D eigenvalue weighted by Crippen LogP contribution is 2.22. The van der Waals surface area contributed by atoms with Gasteiger partial charge in [-0.15, -0.1) is 0 Å². The van der Waals surface area contributed by atoms with Crippen LogP contribution < -0.4 is 26.3 Å². The lowest BCUT2D eigenvalue weighted by Crippen LogP contribution is -2.30. The molecule has 2 aromatic heterocycles. The number of anilines is 2. The van der Waals surface area contributed by atoms with Crippen LogP contribution in [0.4, 0.5) is 11.6 Å². The van der Waals surface area contributed by atoms with E-state index in [1.165, 1.54) is 12.8 Å². The minimum atomic E-state index is 0.189. The Morgan fingerprint density at radius 1 is 1.03 bits per heavy atom. The van der Waals surface area contributed by atoms with Crippen LogP contribution >= 0.6 is 0 Å². The molecule has 0 spiro atoms. The van der Waals surface area contributed by atoms with E-state index in [1.807, 2.05) is 13.8 Å². The Morgan fingerprint density at radius 2 is 1.66 bits per heavy atom. The molecule has 0 bridgehead atoms. The molecule has 0 radical (unpaired) electrons. The molecule has 0 aliphatic carbocycles. The van der Waals surface area contributed by atoms with Gasteiger partial charge >= 0.3 is 0 Å². The second-order valence-corrected chi connectivity index (χ2v) is 8.25. The van der Waals surface area contributed by atoms with Gasteiger partial charge in [-0.25, -0.2) is 9.97 Å². The van der Waals surface area contributed by atoms with Gasteiger partial charge in [0.15, 0.2) is 6.19 Å². The highest BCUT2D eigenvalue weighted by Gasteiger charge is 2.24. The lowest BCUT2D eigenvalue weighted by atomic mass is 10.2. The Balaban J connectivity index is 0.000000182. The summed E-state index contributed by atoms with van der Waals surface area (Å²) in [5.74, 6) is 2.56. The number of nitrogens with zero attached hydrogens (tertiary/aromatic N) is 4. The van der Waals surface area contributed by atoms with E-state index in [-0.39, 0.29) is 6.04 Å². The summed E-state index contributed by atoms with van der Waals surface area (Å²) in [5, 5.41) is 12.3. The maximum atomic E-state index is 8.92. The highest BCUT2D eigenvalue weighted by molar-refractivity contribution is 5.41. The van der Waals surface area contributed by atoms with Crippen molar-refractivity contribution in [2.24, 2.45) is 0 Å². The first kappa shape index (κ1) is 23.4. The summed E-state index contributed by atoms with van der Waals surface area (Å²) in [5.41, 5.74) is 13.2. The molecule has 2 aromatic rings. The van der Waals surface area contributed by atoms with Crippen LogP contribution in [0.5, 0.6) is 11.5 Å². The van der Waals surface area contributed by atoms with Gasteiger partial charge in [0, 0.05) is 48.2 Å². The molecule has 0 aromatic carbocycles. The van der Waals surface area contributed by atoms with Crippen molar-refractivity contribution in [2.75, 3.05) is 37.8 Å². The third-order valence-corrected chi connectivity index (χ3v) is 5.69. The summed E-state index contributed by atoms with van der Waals surface area (Å²) in [6.45, 7) is 7.08. The third-order valence-electron chi connectivity index (χ3n) is 5.69. The zero-order chi connectivity index (χ0) is 22.9. The minimum Gasteiger partial charge on any atom is -0.491 e. The normalized spacial score (nSPS) is 19.7. The molecule has 0 unspecified atom stereocenters. The number of pyridine rings is 2. The number of hydrogen-bond acceptors (Lipinski definition) is 9. The van der Waals surface area contributed by atoms with Crippen molar-refractivity contribution in [3.05, 3.63) is 35.7 Å². The molecule has 4 heterocycles. The molecular formula is C23H33N7O2. The standard InChI is InChI=1S/C12H16N4O.C11H17N3O/c1-9-6-15-12(14)5-11(9)17-7-10-3-2-4-16(10)8-13;1-8-6-14-11(12)5-10(8)15-7-9-3-2-4-13-9/h5-6,10H,2-4,7H2,1H3,(H2,14,15);5-6,9,13H,2-4,7H2,1H3,(H2,12,14)/t10-;9-/m00/s1. The van der Waals surface area contributed by atoms with Crippen molar-refractivity contribution >= 4 is 11.6 Å². The van der Waals surface area contributed by atoms with Gasteiger partial charge in [0.1, 0.15) is 36.3 Å². The molecule has 4 rings (SSSR count). The Labute approximate surface area is 189 Å². The lowest BCUT2D eigenvalue weighted by Gasteiger charge is -2.19. The van der Waals surface area contributed by atoms with E-state index in [0.717, 1.165) is 48.6 Å². The summed E-state index contributed by atoms with van der Waals surface area (Å²) in [6, 6.07) is 4.18. The number of nitrogens with one attached hydrogen (secondary N) is 1. The first-order valence-corrected chi connectivity index (χ1v) is 11.1. The van der Waals surface area contributed by atoms with Gasteiger partial charge in [-0.05, 0) is 46.1 Å². The maximum absolute atomic E-state index is 8.92. The van der Waals surface area contributed by atoms with Crippen LogP contribution in [-0.4, -0.2) is 53.3 Å². The summed E-state index contributed by atoms with van der Waals surface area (Å²) < 4.78 is 11.4. The maximum Gasteiger partial charge on any atom is 0.179 e. The Kier molecular flexibility index (Phi) is 8.34. The van der Waals surface area contributed by atoms with Gasteiger partial charge in [0.25, 0.3) is 0 Å². The molecular weight excluding hydrogens is 406 g/mol. The van der Waals surface area contributed by atoms with Crippen molar-refractivity contribution in [3.63, 3.8) is 0 Å². The number of likely N-dealkylation sites (tertiary alicyclic amines) is 1. The molecule has 0 amide bonds. The molecule has 9 nitrogen and oxygen atoms in total. The minimum absolute atomic E-state index is 0.189. The van der Waals surface area contributed by atoms with Gasteiger partial charge in [-0.2, -0.15) is 5.26 Å². The fraction of sp³-hybridized carbons (Fsp3) is 0.522. The number of rotatable bonds is 6. The van der Waals surface area contributed by atoms with Crippen molar-refractivity contribution in [1.29, 1.82) is 5.26 Å². The number of aryl methyl sites for hydroxylation is 2. The number of ether oxygens (including phenoxy) is 2. The monoisotopic (exact) mass is 439 g/mol. The predicted octanol–water partition coefficient (Wildman–Crippen LogP) is 2.40. The van der Waals surface area contributed by atoms with Crippen LogP contribution in [-0.2, 0) is 0 Å². The average Bonchev–Trinajstić information content (AvgIpc) is 3.47. The van der Waals surface area contributed by atoms with Crippen LogP contribution in [0.3, 0.4) is 0 Å². The molecule has 2 aliphatic rings. The number of hydrogen-bond donors (Lipinski definition) is 3. The van der Waals surface area contributed by atoms with Crippen LogP contribution in [0.2, 0.25) is 0 Å². The van der Waals surface area contributed by atoms with E-state index in [4.69, 9.17) is 26.2 Å². The van der Waals surface area contributed by atoms with E-state index in [2.05, 4.69) is 21.5 Å². The molecule has 2 atom stereocenters. The SMILES string of the molecule is Cc1cnc(N)cc1OC[C@@H]1CCCN1.Cc1cnc(N)cc1OC[C@@H]1CCCN1C#N. The lowest BCUT2D eigenvalue weighted by molar-refractivity contribution is 0.218. The fourth-order valence-corrected chi connectivity index (χ4v) is 3.77. The van der Waals surface area contributed by atoms with E-state index < -0.39 is 0 Å².